The van der Waals surface area contributed by atoms with Crippen LogP contribution in [-0.2, 0) is 4.79 Å². The molecule has 102 valence electrons. The number of piperidine rings is 1. The lowest BCUT2D eigenvalue weighted by atomic mass is 10.0. The van der Waals surface area contributed by atoms with Gasteiger partial charge in [0, 0.05) is 10.9 Å². The van der Waals surface area contributed by atoms with E-state index in [0.29, 0.717) is 26.0 Å². The number of anilines is 1. The lowest BCUT2D eigenvalue weighted by Gasteiger charge is -2.41. The smallest absolute Gasteiger partial charge is 0.222 e. The number of hydrogen-bond acceptors (Lipinski definition) is 4. The Hall–Kier alpha value is -1.27. The van der Waals surface area contributed by atoms with Crippen LogP contribution in [0, 0.1) is 0 Å². The van der Waals surface area contributed by atoms with Crippen molar-refractivity contribution in [2.24, 2.45) is 0 Å². The molecule has 2 atom stereocenters. The first-order valence-corrected chi connectivity index (χ1v) is 7.11. The van der Waals surface area contributed by atoms with Gasteiger partial charge in [0.25, 0.3) is 0 Å². The predicted molar refractivity (Wildman–Crippen MR) is 74.2 cm³/mol. The highest BCUT2D eigenvalue weighted by atomic mass is 79.9. The van der Waals surface area contributed by atoms with Gasteiger partial charge in [-0.3, -0.25) is 4.79 Å². The maximum atomic E-state index is 11.3. The Balaban J connectivity index is 1.90. The highest BCUT2D eigenvalue weighted by Gasteiger charge is 2.34. The summed E-state index contributed by atoms with van der Waals surface area (Å²) in [6.07, 6.45) is 0.271. The highest BCUT2D eigenvalue weighted by molar-refractivity contribution is 9.10. The third-order valence-corrected chi connectivity index (χ3v) is 4.05. The average molecular weight is 327 g/mol. The monoisotopic (exact) mass is 326 g/mol. The lowest BCUT2D eigenvalue weighted by molar-refractivity contribution is -0.127. The van der Waals surface area contributed by atoms with Gasteiger partial charge in [-0.05, 0) is 24.6 Å². The van der Waals surface area contributed by atoms with E-state index in [9.17, 15) is 9.90 Å². The molecule has 1 amide bonds. The molecule has 0 spiro atoms. The Morgan fingerprint density at radius 1 is 1.47 bits per heavy atom. The Morgan fingerprint density at radius 3 is 3.11 bits per heavy atom. The molecule has 1 aromatic carbocycles. The van der Waals surface area contributed by atoms with Gasteiger partial charge in [-0.25, -0.2) is 0 Å². The number of benzene rings is 1. The molecular weight excluding hydrogens is 312 g/mol. The number of carbonyl (C=O) groups excluding carboxylic acids is 1. The third kappa shape index (κ3) is 2.42. The van der Waals surface area contributed by atoms with Gasteiger partial charge in [-0.1, -0.05) is 15.9 Å². The molecule has 19 heavy (non-hydrogen) atoms. The molecule has 3 rings (SSSR count). The van der Waals surface area contributed by atoms with Crippen LogP contribution in [0.15, 0.2) is 22.7 Å². The Labute approximate surface area is 119 Å². The fourth-order valence-corrected chi connectivity index (χ4v) is 3.00. The van der Waals surface area contributed by atoms with E-state index in [4.69, 9.17) is 4.74 Å². The molecule has 2 N–H and O–H groups in total. The van der Waals surface area contributed by atoms with Crippen molar-refractivity contribution >= 4 is 27.5 Å². The van der Waals surface area contributed by atoms with E-state index in [1.54, 1.807) is 0 Å². The molecule has 0 aromatic heterocycles. The van der Waals surface area contributed by atoms with E-state index in [0.717, 1.165) is 15.9 Å². The van der Waals surface area contributed by atoms with Gasteiger partial charge in [0.05, 0.1) is 18.3 Å². The summed E-state index contributed by atoms with van der Waals surface area (Å²) >= 11 is 3.45. The third-order valence-electron chi connectivity index (χ3n) is 3.56. The summed E-state index contributed by atoms with van der Waals surface area (Å²) in [5, 5.41) is 12.7. The molecule has 2 aliphatic rings. The molecule has 0 radical (unpaired) electrons. The highest BCUT2D eigenvalue weighted by Crippen LogP contribution is 2.36. The van der Waals surface area contributed by atoms with Gasteiger partial charge >= 0.3 is 0 Å². The molecule has 0 aliphatic carbocycles. The van der Waals surface area contributed by atoms with Crippen LogP contribution in [0.3, 0.4) is 0 Å². The van der Waals surface area contributed by atoms with E-state index in [1.807, 2.05) is 18.2 Å². The quantitative estimate of drug-likeness (QED) is 0.815. The summed E-state index contributed by atoms with van der Waals surface area (Å²) in [5.74, 6) is 0.727. The van der Waals surface area contributed by atoms with Gasteiger partial charge in [0.1, 0.15) is 18.6 Å². The second-order valence-electron chi connectivity index (χ2n) is 4.77. The van der Waals surface area contributed by atoms with Crippen molar-refractivity contribution in [3.63, 3.8) is 0 Å². The van der Waals surface area contributed by atoms with Crippen LogP contribution in [0.2, 0.25) is 0 Å². The van der Waals surface area contributed by atoms with Crippen molar-refractivity contribution in [1.29, 1.82) is 0 Å². The molecule has 0 saturated carbocycles. The zero-order valence-corrected chi connectivity index (χ0v) is 11.9. The fourth-order valence-electron chi connectivity index (χ4n) is 2.65. The van der Waals surface area contributed by atoms with Crippen molar-refractivity contribution in [3.8, 4) is 5.75 Å². The van der Waals surface area contributed by atoms with Crippen LogP contribution in [0.5, 0.6) is 5.75 Å². The van der Waals surface area contributed by atoms with Gasteiger partial charge in [0.2, 0.25) is 5.91 Å². The largest absolute Gasteiger partial charge is 0.490 e. The van der Waals surface area contributed by atoms with Crippen molar-refractivity contribution in [3.05, 3.63) is 22.7 Å². The van der Waals surface area contributed by atoms with Crippen molar-refractivity contribution in [1.82, 2.24) is 5.32 Å². The molecule has 6 heteroatoms. The first kappa shape index (κ1) is 12.7. The molecule has 1 aromatic rings. The predicted octanol–water partition coefficient (Wildman–Crippen LogP) is 1.24. The normalized spacial score (nSPS) is 26.4. The lowest BCUT2D eigenvalue weighted by Crippen LogP contribution is -2.57. The molecule has 5 nitrogen and oxygen atoms in total. The number of rotatable bonds is 1. The van der Waals surface area contributed by atoms with Gasteiger partial charge in [0.15, 0.2) is 0 Å². The summed E-state index contributed by atoms with van der Waals surface area (Å²) in [5.41, 5.74) is 0.959. The number of nitrogens with zero attached hydrogens (tertiary/aromatic N) is 1. The van der Waals surface area contributed by atoms with E-state index in [-0.39, 0.29) is 11.9 Å². The van der Waals surface area contributed by atoms with Crippen molar-refractivity contribution in [2.75, 3.05) is 18.1 Å². The number of nitrogens with one attached hydrogen (secondary N) is 1. The topological polar surface area (TPSA) is 61.8 Å². The van der Waals surface area contributed by atoms with Crippen LogP contribution < -0.4 is 15.0 Å². The number of halogens is 1. The maximum Gasteiger partial charge on any atom is 0.222 e. The molecule has 2 heterocycles. The Bertz CT molecular complexity index is 509. The summed E-state index contributed by atoms with van der Waals surface area (Å²) in [4.78, 5) is 13.4. The number of hydrogen-bond donors (Lipinski definition) is 2. The molecule has 0 bridgehead atoms. The van der Waals surface area contributed by atoms with Crippen LogP contribution >= 0.6 is 15.9 Å². The standard InChI is InChI=1S/C13H15BrN2O3/c14-8-1-3-11-10(7-8)16(5-6-19-11)9-2-4-12(17)15-13(9)18/h1,3,7,9,13,18H,2,4-6H2,(H,15,17). The number of ether oxygens (including phenoxy) is 1. The Morgan fingerprint density at radius 2 is 2.32 bits per heavy atom. The second kappa shape index (κ2) is 5.02. The summed E-state index contributed by atoms with van der Waals surface area (Å²) in [6.45, 7) is 1.30. The summed E-state index contributed by atoms with van der Waals surface area (Å²) in [6, 6.07) is 5.73. The molecule has 2 aliphatic heterocycles. The molecule has 1 fully saturated rings. The minimum absolute atomic E-state index is 0.0912. The van der Waals surface area contributed by atoms with Crippen molar-refractivity contribution in [2.45, 2.75) is 25.1 Å². The summed E-state index contributed by atoms with van der Waals surface area (Å²) < 4.78 is 6.59. The van der Waals surface area contributed by atoms with Crippen LogP contribution in [-0.4, -0.2) is 36.4 Å². The van der Waals surface area contributed by atoms with Gasteiger partial charge in [-0.15, -0.1) is 0 Å². The van der Waals surface area contributed by atoms with Crippen LogP contribution in [0.4, 0.5) is 5.69 Å². The van der Waals surface area contributed by atoms with E-state index in [1.165, 1.54) is 0 Å². The zero-order chi connectivity index (χ0) is 13.4. The number of fused-ring (bicyclic) bond motifs is 1. The number of aliphatic hydroxyl groups is 1. The maximum absolute atomic E-state index is 11.3. The number of aliphatic hydroxyl groups excluding tert-OH is 1. The van der Waals surface area contributed by atoms with E-state index < -0.39 is 6.23 Å². The molecule has 1 saturated heterocycles. The van der Waals surface area contributed by atoms with Gasteiger partial charge in [-0.2, -0.15) is 0 Å². The zero-order valence-electron chi connectivity index (χ0n) is 10.3. The number of amides is 1. The Kier molecular flexibility index (Phi) is 3.36. The fraction of sp³-hybridized carbons (Fsp3) is 0.462. The van der Waals surface area contributed by atoms with Crippen LogP contribution in [0.25, 0.3) is 0 Å². The average Bonchev–Trinajstić information content (AvgIpc) is 2.38. The van der Waals surface area contributed by atoms with Crippen molar-refractivity contribution < 1.29 is 14.6 Å². The van der Waals surface area contributed by atoms with Gasteiger partial charge < -0.3 is 20.1 Å². The summed E-state index contributed by atoms with van der Waals surface area (Å²) in [7, 11) is 0. The minimum Gasteiger partial charge on any atom is -0.490 e. The minimum atomic E-state index is -0.828. The molecule has 2 unspecified atom stereocenters. The second-order valence-corrected chi connectivity index (χ2v) is 5.69. The first-order valence-electron chi connectivity index (χ1n) is 6.31. The first-order chi connectivity index (χ1) is 9.15. The van der Waals surface area contributed by atoms with E-state index in [2.05, 4.69) is 26.1 Å². The number of carbonyl (C=O) groups is 1. The van der Waals surface area contributed by atoms with Crippen LogP contribution in [0.1, 0.15) is 12.8 Å². The molecular formula is C13H15BrN2O3. The van der Waals surface area contributed by atoms with E-state index >= 15 is 0 Å². The SMILES string of the molecule is O=C1CCC(N2CCOc3ccc(Br)cc32)C(O)N1.